The average Bonchev–Trinajstić information content (AvgIpc) is 2.19. The van der Waals surface area contributed by atoms with E-state index in [1.807, 2.05) is 12.3 Å². The van der Waals surface area contributed by atoms with Crippen molar-refractivity contribution in [1.82, 2.24) is 10.3 Å². The van der Waals surface area contributed by atoms with E-state index in [1.54, 1.807) is 0 Å². The summed E-state index contributed by atoms with van der Waals surface area (Å²) in [6.45, 7) is 4.11. The molecule has 2 heterocycles. The molecule has 0 radical (unpaired) electrons. The van der Waals surface area contributed by atoms with Gasteiger partial charge in [-0.05, 0) is 37.9 Å². The number of anilines is 1. The molecule has 1 aliphatic heterocycles. The van der Waals surface area contributed by atoms with Crippen molar-refractivity contribution in [3.05, 3.63) is 21.2 Å². The number of hydrogen-bond acceptors (Lipinski definition) is 3. The normalized spacial score (nSPS) is 17.1. The van der Waals surface area contributed by atoms with Crippen LogP contribution >= 0.6 is 31.9 Å². The standard InChI is InChI=1S/C9H11Br2N3/c10-7-5-8(11)9(13-6-7)14-3-1-12-2-4-14/h5-6,12H,1-4H2. The maximum Gasteiger partial charge on any atom is 0.143 e. The molecule has 1 aromatic heterocycles. The molecule has 5 heteroatoms. The highest BCUT2D eigenvalue weighted by Gasteiger charge is 2.14. The Hall–Kier alpha value is -0.130. The number of pyridine rings is 1. The van der Waals surface area contributed by atoms with Crippen LogP contribution in [0.5, 0.6) is 0 Å². The van der Waals surface area contributed by atoms with Crippen LogP contribution in [0, 0.1) is 0 Å². The number of hydrogen-bond donors (Lipinski definition) is 1. The predicted molar refractivity (Wildman–Crippen MR) is 64.7 cm³/mol. The highest BCUT2D eigenvalue weighted by atomic mass is 79.9. The Morgan fingerprint density at radius 2 is 2.00 bits per heavy atom. The van der Waals surface area contributed by atoms with Gasteiger partial charge in [-0.1, -0.05) is 0 Å². The summed E-state index contributed by atoms with van der Waals surface area (Å²) in [5.41, 5.74) is 0. The van der Waals surface area contributed by atoms with Crippen molar-refractivity contribution in [1.29, 1.82) is 0 Å². The molecule has 0 amide bonds. The van der Waals surface area contributed by atoms with Crippen LogP contribution in [0.25, 0.3) is 0 Å². The van der Waals surface area contributed by atoms with Gasteiger partial charge in [0.1, 0.15) is 5.82 Å². The Bertz CT molecular complexity index is 324. The summed E-state index contributed by atoms with van der Waals surface area (Å²) in [6, 6.07) is 2.03. The lowest BCUT2D eigenvalue weighted by atomic mass is 10.3. The quantitative estimate of drug-likeness (QED) is 0.858. The summed E-state index contributed by atoms with van der Waals surface area (Å²) in [5.74, 6) is 1.04. The van der Waals surface area contributed by atoms with Crippen LogP contribution < -0.4 is 10.2 Å². The molecule has 0 unspecified atom stereocenters. The smallest absolute Gasteiger partial charge is 0.143 e. The molecule has 2 rings (SSSR count). The Kier molecular flexibility index (Phi) is 3.41. The lowest BCUT2D eigenvalue weighted by Crippen LogP contribution is -2.44. The fourth-order valence-electron chi connectivity index (χ4n) is 1.52. The summed E-state index contributed by atoms with van der Waals surface area (Å²) in [6.07, 6.45) is 1.84. The molecule has 76 valence electrons. The number of halogens is 2. The highest BCUT2D eigenvalue weighted by molar-refractivity contribution is 9.11. The molecule has 14 heavy (non-hydrogen) atoms. The van der Waals surface area contributed by atoms with Gasteiger partial charge in [-0.15, -0.1) is 0 Å². The van der Waals surface area contributed by atoms with Crippen LogP contribution in [-0.2, 0) is 0 Å². The third kappa shape index (κ3) is 2.27. The third-order valence-corrected chi connectivity index (χ3v) is 3.22. The molecule has 1 fully saturated rings. The molecule has 1 N–H and O–H groups in total. The van der Waals surface area contributed by atoms with E-state index >= 15 is 0 Å². The summed E-state index contributed by atoms with van der Waals surface area (Å²) < 4.78 is 2.05. The first kappa shape index (κ1) is 10.4. The lowest BCUT2D eigenvalue weighted by molar-refractivity contribution is 0.584. The first-order valence-corrected chi connectivity index (χ1v) is 6.12. The largest absolute Gasteiger partial charge is 0.353 e. The van der Waals surface area contributed by atoms with Gasteiger partial charge >= 0.3 is 0 Å². The Morgan fingerprint density at radius 1 is 1.29 bits per heavy atom. The topological polar surface area (TPSA) is 28.2 Å². The zero-order valence-corrected chi connectivity index (χ0v) is 10.8. The van der Waals surface area contributed by atoms with Crippen LogP contribution in [0.4, 0.5) is 5.82 Å². The zero-order chi connectivity index (χ0) is 9.97. The van der Waals surface area contributed by atoms with E-state index < -0.39 is 0 Å². The van der Waals surface area contributed by atoms with Crippen molar-refractivity contribution < 1.29 is 0 Å². The molecule has 0 spiro atoms. The minimum absolute atomic E-state index is 1.00. The van der Waals surface area contributed by atoms with Gasteiger partial charge in [-0.2, -0.15) is 0 Å². The van der Waals surface area contributed by atoms with Gasteiger partial charge in [0.15, 0.2) is 0 Å². The van der Waals surface area contributed by atoms with E-state index in [-0.39, 0.29) is 0 Å². The van der Waals surface area contributed by atoms with E-state index in [9.17, 15) is 0 Å². The van der Waals surface area contributed by atoms with Gasteiger partial charge in [0, 0.05) is 36.8 Å². The van der Waals surface area contributed by atoms with Crippen molar-refractivity contribution in [3.63, 3.8) is 0 Å². The van der Waals surface area contributed by atoms with E-state index in [0.29, 0.717) is 0 Å². The minimum atomic E-state index is 1.00. The van der Waals surface area contributed by atoms with Crippen molar-refractivity contribution in [2.24, 2.45) is 0 Å². The van der Waals surface area contributed by atoms with Crippen molar-refractivity contribution >= 4 is 37.7 Å². The molecule has 3 nitrogen and oxygen atoms in total. The third-order valence-electron chi connectivity index (χ3n) is 2.20. The van der Waals surface area contributed by atoms with Crippen LogP contribution in [0.15, 0.2) is 21.2 Å². The van der Waals surface area contributed by atoms with Crippen LogP contribution in [-0.4, -0.2) is 31.2 Å². The molecule has 0 bridgehead atoms. The van der Waals surface area contributed by atoms with Crippen molar-refractivity contribution in [2.45, 2.75) is 0 Å². The molecule has 0 saturated carbocycles. The van der Waals surface area contributed by atoms with E-state index in [0.717, 1.165) is 40.9 Å². The average molecular weight is 321 g/mol. The maximum absolute atomic E-state index is 4.41. The summed E-state index contributed by atoms with van der Waals surface area (Å²) >= 11 is 6.92. The SMILES string of the molecule is Brc1cnc(N2CCNCC2)c(Br)c1. The minimum Gasteiger partial charge on any atom is -0.353 e. The molecule has 0 aromatic carbocycles. The summed E-state index contributed by atoms with van der Waals surface area (Å²) in [4.78, 5) is 6.69. The Morgan fingerprint density at radius 3 is 2.64 bits per heavy atom. The van der Waals surface area contributed by atoms with Crippen LogP contribution in [0.1, 0.15) is 0 Å². The summed E-state index contributed by atoms with van der Waals surface area (Å²) in [7, 11) is 0. The molecular weight excluding hydrogens is 310 g/mol. The van der Waals surface area contributed by atoms with Crippen molar-refractivity contribution in [2.75, 3.05) is 31.1 Å². The fourth-order valence-corrected chi connectivity index (χ4v) is 2.75. The van der Waals surface area contributed by atoms with E-state index in [4.69, 9.17) is 0 Å². The first-order chi connectivity index (χ1) is 6.77. The van der Waals surface area contributed by atoms with Gasteiger partial charge in [-0.25, -0.2) is 4.98 Å². The van der Waals surface area contributed by atoms with Gasteiger partial charge in [0.25, 0.3) is 0 Å². The van der Waals surface area contributed by atoms with E-state index in [2.05, 4.69) is 47.1 Å². The number of piperazine rings is 1. The van der Waals surface area contributed by atoms with Crippen LogP contribution in [0.2, 0.25) is 0 Å². The number of aromatic nitrogens is 1. The fraction of sp³-hybridized carbons (Fsp3) is 0.444. The Labute approximate surface area is 100 Å². The molecule has 1 saturated heterocycles. The highest BCUT2D eigenvalue weighted by Crippen LogP contribution is 2.26. The molecule has 1 aliphatic rings. The van der Waals surface area contributed by atoms with Gasteiger partial charge in [-0.3, -0.25) is 0 Å². The number of nitrogens with zero attached hydrogens (tertiary/aromatic N) is 2. The second-order valence-electron chi connectivity index (χ2n) is 3.20. The lowest BCUT2D eigenvalue weighted by Gasteiger charge is -2.29. The number of nitrogens with one attached hydrogen (secondary N) is 1. The molecule has 0 aliphatic carbocycles. The van der Waals surface area contributed by atoms with Gasteiger partial charge in [0.2, 0.25) is 0 Å². The number of rotatable bonds is 1. The zero-order valence-electron chi connectivity index (χ0n) is 7.63. The predicted octanol–water partition coefficient (Wildman–Crippen LogP) is 2.02. The second kappa shape index (κ2) is 4.59. The molecule has 0 atom stereocenters. The molecular formula is C9H11Br2N3. The van der Waals surface area contributed by atoms with Gasteiger partial charge in [0.05, 0.1) is 4.47 Å². The van der Waals surface area contributed by atoms with Crippen LogP contribution in [0.3, 0.4) is 0 Å². The monoisotopic (exact) mass is 319 g/mol. The second-order valence-corrected chi connectivity index (χ2v) is 4.97. The Balaban J connectivity index is 2.22. The maximum atomic E-state index is 4.41. The van der Waals surface area contributed by atoms with Gasteiger partial charge < -0.3 is 10.2 Å². The molecule has 1 aromatic rings. The first-order valence-electron chi connectivity index (χ1n) is 4.54. The van der Waals surface area contributed by atoms with Crippen molar-refractivity contribution in [3.8, 4) is 0 Å². The summed E-state index contributed by atoms with van der Waals surface area (Å²) in [5, 5.41) is 3.32. The van der Waals surface area contributed by atoms with E-state index in [1.165, 1.54) is 0 Å².